The predicted molar refractivity (Wildman–Crippen MR) is 122 cm³/mol. The van der Waals surface area contributed by atoms with Gasteiger partial charge in [-0.3, -0.25) is 4.79 Å². The van der Waals surface area contributed by atoms with E-state index in [1.165, 1.54) is 35.1 Å². The van der Waals surface area contributed by atoms with Gasteiger partial charge in [0.2, 0.25) is 4.96 Å². The summed E-state index contributed by atoms with van der Waals surface area (Å²) in [5.74, 6) is 1.36. The molecule has 4 aromatic rings. The normalized spacial score (nSPS) is 12.0. The Balaban J connectivity index is 1.51. The van der Waals surface area contributed by atoms with Gasteiger partial charge in [0.15, 0.2) is 5.82 Å². The third-order valence-corrected chi connectivity index (χ3v) is 5.90. The second-order valence-electron chi connectivity index (χ2n) is 7.03. The van der Waals surface area contributed by atoms with E-state index in [2.05, 4.69) is 17.0 Å². The molecule has 0 atom stereocenters. The molecule has 30 heavy (non-hydrogen) atoms. The van der Waals surface area contributed by atoms with Crippen molar-refractivity contribution in [2.24, 2.45) is 0 Å². The largest absolute Gasteiger partial charge is 0.494 e. The zero-order valence-corrected chi connectivity index (χ0v) is 18.2. The van der Waals surface area contributed by atoms with Crippen molar-refractivity contribution < 1.29 is 4.74 Å². The number of hydrogen-bond donors (Lipinski definition) is 0. The molecular weight excluding hydrogens is 418 g/mol. The summed E-state index contributed by atoms with van der Waals surface area (Å²) < 4.78 is 7.71. The Morgan fingerprint density at radius 3 is 2.70 bits per heavy atom. The van der Waals surface area contributed by atoms with Crippen LogP contribution in [0.2, 0.25) is 5.02 Å². The van der Waals surface area contributed by atoms with Crippen LogP contribution in [0.1, 0.15) is 38.2 Å². The number of rotatable bonds is 8. The molecule has 0 saturated heterocycles. The summed E-state index contributed by atoms with van der Waals surface area (Å²) in [6, 6.07) is 15.0. The quantitative estimate of drug-likeness (QED) is 0.363. The highest BCUT2D eigenvalue weighted by atomic mass is 35.5. The van der Waals surface area contributed by atoms with Gasteiger partial charge in [-0.25, -0.2) is 0 Å². The number of halogens is 1. The number of thiazole rings is 1. The molecule has 2 aromatic heterocycles. The van der Waals surface area contributed by atoms with Gasteiger partial charge in [0.05, 0.1) is 11.1 Å². The molecule has 0 aliphatic heterocycles. The summed E-state index contributed by atoms with van der Waals surface area (Å²) in [5, 5.41) is 5.04. The molecule has 0 unspecified atom stereocenters. The number of benzene rings is 2. The lowest BCUT2D eigenvalue weighted by atomic mass is 10.2. The molecule has 7 heteroatoms. The maximum absolute atomic E-state index is 12.7. The fourth-order valence-corrected chi connectivity index (χ4v) is 4.23. The zero-order chi connectivity index (χ0) is 20.9. The van der Waals surface area contributed by atoms with E-state index < -0.39 is 0 Å². The molecule has 0 aliphatic carbocycles. The van der Waals surface area contributed by atoms with E-state index in [1.807, 2.05) is 48.5 Å². The smallest absolute Gasteiger partial charge is 0.291 e. The highest BCUT2D eigenvalue weighted by Gasteiger charge is 2.12. The lowest BCUT2D eigenvalue weighted by Gasteiger charge is -2.06. The van der Waals surface area contributed by atoms with E-state index in [1.54, 1.807) is 6.07 Å². The first-order valence-corrected chi connectivity index (χ1v) is 11.2. The topological polar surface area (TPSA) is 56.5 Å². The van der Waals surface area contributed by atoms with Crippen LogP contribution in [-0.2, 0) is 0 Å². The first-order valence-electron chi connectivity index (χ1n) is 10.0. The van der Waals surface area contributed by atoms with E-state index in [0.717, 1.165) is 29.9 Å². The molecule has 0 aliphatic rings. The molecule has 0 radical (unpaired) electrons. The van der Waals surface area contributed by atoms with Crippen molar-refractivity contribution >= 4 is 34.0 Å². The number of fused-ring (bicyclic) bond motifs is 1. The van der Waals surface area contributed by atoms with Crippen molar-refractivity contribution in [3.63, 3.8) is 0 Å². The molecule has 0 bridgehead atoms. The number of aromatic nitrogens is 3. The average Bonchev–Trinajstić information content (AvgIpc) is 3.28. The Bertz CT molecular complexity index is 1250. The highest BCUT2D eigenvalue weighted by Crippen LogP contribution is 2.21. The third-order valence-electron chi connectivity index (χ3n) is 4.71. The van der Waals surface area contributed by atoms with Crippen LogP contribution in [0.25, 0.3) is 22.4 Å². The standard InChI is InChI=1S/C23H22ClN3O2S/c1-2-3-4-5-13-29-19-11-9-17(10-12-19)21-25-23-27(26-21)22(28)20(30-23)15-16-7-6-8-18(24)14-16/h6-12,14-15H,2-5,13H2,1H3. The highest BCUT2D eigenvalue weighted by molar-refractivity contribution is 7.15. The van der Waals surface area contributed by atoms with Gasteiger partial charge in [-0.05, 0) is 54.5 Å². The summed E-state index contributed by atoms with van der Waals surface area (Å²) in [4.78, 5) is 17.8. The minimum Gasteiger partial charge on any atom is -0.494 e. The van der Waals surface area contributed by atoms with E-state index in [-0.39, 0.29) is 5.56 Å². The van der Waals surface area contributed by atoms with Crippen molar-refractivity contribution in [2.75, 3.05) is 6.61 Å². The third kappa shape index (κ3) is 4.71. The van der Waals surface area contributed by atoms with Gasteiger partial charge in [0.25, 0.3) is 5.56 Å². The molecule has 0 saturated carbocycles. The monoisotopic (exact) mass is 439 g/mol. The fourth-order valence-electron chi connectivity index (χ4n) is 3.12. The van der Waals surface area contributed by atoms with Crippen molar-refractivity contribution in [1.82, 2.24) is 14.6 Å². The van der Waals surface area contributed by atoms with E-state index in [0.29, 0.717) is 20.3 Å². The van der Waals surface area contributed by atoms with E-state index in [4.69, 9.17) is 16.3 Å². The number of unbranched alkanes of at least 4 members (excludes halogenated alkanes) is 3. The number of ether oxygens (including phenoxy) is 1. The van der Waals surface area contributed by atoms with Gasteiger partial charge in [-0.1, -0.05) is 61.3 Å². The Kier molecular flexibility index (Phi) is 6.45. The summed E-state index contributed by atoms with van der Waals surface area (Å²) in [7, 11) is 0. The second kappa shape index (κ2) is 9.41. The summed E-state index contributed by atoms with van der Waals surface area (Å²) in [5.41, 5.74) is 1.54. The minimum absolute atomic E-state index is 0.180. The Morgan fingerprint density at radius 1 is 1.13 bits per heavy atom. The van der Waals surface area contributed by atoms with Gasteiger partial charge in [-0.15, -0.1) is 5.10 Å². The maximum atomic E-state index is 12.7. The van der Waals surface area contributed by atoms with Crippen LogP contribution in [0, 0.1) is 0 Å². The number of nitrogens with zero attached hydrogens (tertiary/aromatic N) is 3. The molecule has 2 aromatic carbocycles. The molecule has 4 rings (SSSR count). The molecule has 0 fully saturated rings. The Hall–Kier alpha value is -2.70. The van der Waals surface area contributed by atoms with Crippen LogP contribution in [-0.4, -0.2) is 21.2 Å². The number of hydrogen-bond acceptors (Lipinski definition) is 5. The van der Waals surface area contributed by atoms with Crippen LogP contribution < -0.4 is 14.8 Å². The molecule has 154 valence electrons. The fraction of sp³-hybridized carbons (Fsp3) is 0.261. The van der Waals surface area contributed by atoms with Gasteiger partial charge in [-0.2, -0.15) is 9.50 Å². The van der Waals surface area contributed by atoms with Crippen molar-refractivity contribution in [3.05, 3.63) is 74.0 Å². The zero-order valence-electron chi connectivity index (χ0n) is 16.7. The van der Waals surface area contributed by atoms with Crippen LogP contribution in [0.4, 0.5) is 0 Å². The van der Waals surface area contributed by atoms with Crippen LogP contribution in [0.5, 0.6) is 5.75 Å². The van der Waals surface area contributed by atoms with E-state index in [9.17, 15) is 4.79 Å². The molecule has 0 amide bonds. The van der Waals surface area contributed by atoms with Crippen LogP contribution in [0.3, 0.4) is 0 Å². The van der Waals surface area contributed by atoms with Crippen molar-refractivity contribution in [2.45, 2.75) is 32.6 Å². The molecule has 0 spiro atoms. The van der Waals surface area contributed by atoms with Crippen molar-refractivity contribution in [1.29, 1.82) is 0 Å². The van der Waals surface area contributed by atoms with Gasteiger partial charge >= 0.3 is 0 Å². The van der Waals surface area contributed by atoms with Crippen LogP contribution >= 0.6 is 22.9 Å². The molecule has 5 nitrogen and oxygen atoms in total. The average molecular weight is 440 g/mol. The minimum atomic E-state index is -0.180. The summed E-state index contributed by atoms with van der Waals surface area (Å²) in [6.07, 6.45) is 6.52. The Labute approximate surface area is 183 Å². The van der Waals surface area contributed by atoms with Crippen molar-refractivity contribution in [3.8, 4) is 17.1 Å². The second-order valence-corrected chi connectivity index (χ2v) is 8.48. The first-order chi connectivity index (χ1) is 14.6. The van der Waals surface area contributed by atoms with E-state index >= 15 is 0 Å². The predicted octanol–water partition coefficient (Wildman–Crippen LogP) is 4.98. The lowest BCUT2D eigenvalue weighted by Crippen LogP contribution is -2.23. The van der Waals surface area contributed by atoms with Gasteiger partial charge in [0.1, 0.15) is 5.75 Å². The maximum Gasteiger partial charge on any atom is 0.291 e. The molecule has 2 heterocycles. The van der Waals surface area contributed by atoms with Gasteiger partial charge in [0, 0.05) is 10.6 Å². The summed E-state index contributed by atoms with van der Waals surface area (Å²) in [6.45, 7) is 2.92. The first kappa shape index (κ1) is 20.6. The molecule has 0 N–H and O–H groups in total. The van der Waals surface area contributed by atoms with Crippen LogP contribution in [0.15, 0.2) is 53.3 Å². The Morgan fingerprint density at radius 2 is 1.97 bits per heavy atom. The lowest BCUT2D eigenvalue weighted by molar-refractivity contribution is 0.305. The SMILES string of the molecule is CCCCCCOc1ccc(-c2nc3sc(=Cc4cccc(Cl)c4)c(=O)n3n2)cc1. The van der Waals surface area contributed by atoms with Gasteiger partial charge < -0.3 is 4.74 Å². The summed E-state index contributed by atoms with van der Waals surface area (Å²) >= 11 is 7.34. The molecular formula is C23H22ClN3O2S.